The zero-order valence-electron chi connectivity index (χ0n) is 17.8. The highest BCUT2D eigenvalue weighted by Crippen LogP contribution is 2.64. The molecule has 1 unspecified atom stereocenters. The van der Waals surface area contributed by atoms with E-state index in [2.05, 4.69) is 5.32 Å². The average Bonchev–Trinajstić information content (AvgIpc) is 2.67. The summed E-state index contributed by atoms with van der Waals surface area (Å²) in [6.45, 7) is 8.65. The maximum absolute atomic E-state index is 13.8. The molecular formula is C20H27N2O7P. The maximum atomic E-state index is 13.8. The highest BCUT2D eigenvalue weighted by Gasteiger charge is 2.46. The summed E-state index contributed by atoms with van der Waals surface area (Å²) >= 11 is 0. The van der Waals surface area contributed by atoms with Gasteiger partial charge < -0.3 is 19.1 Å². The largest absolute Gasteiger partial charge is 0.463 e. The van der Waals surface area contributed by atoms with Gasteiger partial charge in [0.1, 0.15) is 0 Å². The maximum Gasteiger partial charge on any atom is 0.360 e. The number of rotatable bonds is 9. The van der Waals surface area contributed by atoms with E-state index >= 15 is 0 Å². The number of nitrogens with one attached hydrogen (secondary N) is 1. The minimum absolute atomic E-state index is 0.0924. The first-order valence-electron chi connectivity index (χ1n) is 9.70. The molecular weight excluding hydrogens is 411 g/mol. The molecule has 0 bridgehead atoms. The first-order chi connectivity index (χ1) is 14.2. The van der Waals surface area contributed by atoms with Crippen molar-refractivity contribution < 1.29 is 28.1 Å². The number of dihydropyridines is 1. The first-order valence-corrected chi connectivity index (χ1v) is 11.2. The van der Waals surface area contributed by atoms with Gasteiger partial charge in [0, 0.05) is 23.0 Å². The van der Waals surface area contributed by atoms with E-state index in [1.165, 1.54) is 18.2 Å². The Morgan fingerprint density at radius 1 is 1.10 bits per heavy atom. The highest BCUT2D eigenvalue weighted by atomic mass is 31.2. The van der Waals surface area contributed by atoms with Crippen LogP contribution in [0, 0.1) is 10.1 Å². The monoisotopic (exact) mass is 438 g/mol. The summed E-state index contributed by atoms with van der Waals surface area (Å²) in [5.74, 6) is -1.69. The number of nitrogens with zero attached hydrogens (tertiary/aromatic N) is 1. The molecule has 0 aromatic heterocycles. The number of benzene rings is 1. The molecule has 9 nitrogen and oxygen atoms in total. The topological polar surface area (TPSA) is 117 Å². The molecule has 1 heterocycles. The first kappa shape index (κ1) is 23.8. The molecule has 0 radical (unpaired) electrons. The third-order valence-corrected chi connectivity index (χ3v) is 6.94. The number of nitro benzene ring substituents is 1. The van der Waals surface area contributed by atoms with Gasteiger partial charge in [-0.1, -0.05) is 18.2 Å². The Bertz CT molecular complexity index is 929. The fourth-order valence-corrected chi connectivity index (χ4v) is 5.63. The van der Waals surface area contributed by atoms with E-state index < -0.39 is 24.4 Å². The van der Waals surface area contributed by atoms with Crippen LogP contribution in [0.4, 0.5) is 5.69 Å². The lowest BCUT2D eigenvalue weighted by molar-refractivity contribution is -0.385. The number of hydrogen-bond acceptors (Lipinski definition) is 8. The van der Waals surface area contributed by atoms with Crippen molar-refractivity contribution in [3.63, 3.8) is 0 Å². The average molecular weight is 438 g/mol. The lowest BCUT2D eigenvalue weighted by Gasteiger charge is -2.34. The number of carbonyl (C=O) groups excluding carboxylic acids is 1. The van der Waals surface area contributed by atoms with Crippen LogP contribution in [0.5, 0.6) is 0 Å². The van der Waals surface area contributed by atoms with Crippen LogP contribution < -0.4 is 5.32 Å². The van der Waals surface area contributed by atoms with Gasteiger partial charge >= 0.3 is 13.6 Å². The molecule has 30 heavy (non-hydrogen) atoms. The molecule has 1 N–H and O–H groups in total. The van der Waals surface area contributed by atoms with Crippen LogP contribution >= 0.6 is 7.60 Å². The van der Waals surface area contributed by atoms with Gasteiger partial charge in [-0.05, 0) is 34.6 Å². The van der Waals surface area contributed by atoms with Gasteiger partial charge in [-0.15, -0.1) is 0 Å². The Hall–Kier alpha value is -2.48. The van der Waals surface area contributed by atoms with Gasteiger partial charge in [-0.3, -0.25) is 14.7 Å². The zero-order valence-corrected chi connectivity index (χ0v) is 18.7. The SMILES string of the molecule is CCOC(=O)C1=C(C)NC(C)=C(P(=O)(OCC)OCC)C1c1ccccc1[N+](=O)[O-]. The Balaban J connectivity index is 2.86. The molecule has 1 atom stereocenters. The van der Waals surface area contributed by atoms with E-state index in [9.17, 15) is 19.5 Å². The van der Waals surface area contributed by atoms with Crippen LogP contribution in [-0.4, -0.2) is 30.7 Å². The van der Waals surface area contributed by atoms with E-state index in [1.54, 1.807) is 40.7 Å². The Kier molecular flexibility index (Phi) is 7.95. The van der Waals surface area contributed by atoms with E-state index in [0.717, 1.165) is 0 Å². The Labute approximate surface area is 175 Å². The van der Waals surface area contributed by atoms with Crippen molar-refractivity contribution in [1.29, 1.82) is 0 Å². The van der Waals surface area contributed by atoms with Crippen molar-refractivity contribution in [2.45, 2.75) is 40.5 Å². The molecule has 164 valence electrons. The van der Waals surface area contributed by atoms with E-state index in [1.807, 2.05) is 0 Å². The van der Waals surface area contributed by atoms with Crippen molar-refractivity contribution in [2.24, 2.45) is 0 Å². The standard InChI is InChI=1S/C20H27N2O7P/c1-6-27-20(23)17-13(4)21-14(5)19(30(26,28-7-2)29-8-3)18(17)15-11-9-10-12-16(15)22(24)25/h9-12,18,21H,6-8H2,1-5H3. The predicted octanol–water partition coefficient (Wildman–Crippen LogP) is 4.62. The summed E-state index contributed by atoms with van der Waals surface area (Å²) in [6.07, 6.45) is 0. The molecule has 0 fully saturated rings. The molecule has 1 aliphatic rings. The summed E-state index contributed by atoms with van der Waals surface area (Å²) in [6, 6.07) is 6.04. The van der Waals surface area contributed by atoms with Crippen LogP contribution in [0.25, 0.3) is 0 Å². The molecule has 0 amide bonds. The third-order valence-electron chi connectivity index (χ3n) is 4.56. The van der Waals surface area contributed by atoms with E-state index in [4.69, 9.17) is 13.8 Å². The fraction of sp³-hybridized carbons (Fsp3) is 0.450. The summed E-state index contributed by atoms with van der Waals surface area (Å²) in [5.41, 5.74) is 1.04. The number of ether oxygens (including phenoxy) is 1. The second-order valence-electron chi connectivity index (χ2n) is 6.48. The van der Waals surface area contributed by atoms with Gasteiger partial charge in [-0.25, -0.2) is 4.79 Å². The van der Waals surface area contributed by atoms with Crippen molar-refractivity contribution >= 4 is 19.3 Å². The molecule has 10 heteroatoms. The number of para-hydroxylation sites is 1. The van der Waals surface area contributed by atoms with Crippen LogP contribution in [0.15, 0.2) is 46.5 Å². The van der Waals surface area contributed by atoms with Crippen LogP contribution in [0.1, 0.15) is 46.1 Å². The van der Waals surface area contributed by atoms with Crippen molar-refractivity contribution in [3.05, 3.63) is 62.2 Å². The van der Waals surface area contributed by atoms with Crippen LogP contribution in [-0.2, 0) is 23.1 Å². The number of carbonyl (C=O) groups is 1. The fourth-order valence-electron chi connectivity index (χ4n) is 3.54. The second-order valence-corrected chi connectivity index (χ2v) is 8.47. The normalized spacial score (nSPS) is 17.0. The number of hydrogen-bond donors (Lipinski definition) is 1. The smallest absolute Gasteiger partial charge is 0.360 e. The molecule has 1 aliphatic heterocycles. The summed E-state index contributed by atoms with van der Waals surface area (Å²) in [5, 5.41) is 15.0. The quantitative estimate of drug-likeness (QED) is 0.257. The Morgan fingerprint density at radius 2 is 1.70 bits per heavy atom. The summed E-state index contributed by atoms with van der Waals surface area (Å²) < 4.78 is 30.1. The minimum atomic E-state index is -3.89. The lowest BCUT2D eigenvalue weighted by atomic mass is 9.85. The molecule has 0 saturated carbocycles. The van der Waals surface area contributed by atoms with Gasteiger partial charge in [0.15, 0.2) is 0 Å². The highest BCUT2D eigenvalue weighted by molar-refractivity contribution is 7.58. The molecule has 1 aromatic carbocycles. The van der Waals surface area contributed by atoms with E-state index in [0.29, 0.717) is 11.4 Å². The third kappa shape index (κ3) is 4.64. The van der Waals surface area contributed by atoms with Gasteiger partial charge in [0.05, 0.1) is 41.5 Å². The molecule has 2 rings (SSSR count). The number of esters is 1. The lowest BCUT2D eigenvalue weighted by Crippen LogP contribution is -2.30. The minimum Gasteiger partial charge on any atom is -0.463 e. The van der Waals surface area contributed by atoms with Gasteiger partial charge in [-0.2, -0.15) is 0 Å². The second kappa shape index (κ2) is 10.0. The van der Waals surface area contributed by atoms with Crippen LogP contribution in [0.2, 0.25) is 0 Å². The summed E-state index contributed by atoms with van der Waals surface area (Å²) in [4.78, 5) is 24.1. The van der Waals surface area contributed by atoms with Gasteiger partial charge in [0.2, 0.25) is 0 Å². The molecule has 1 aromatic rings. The van der Waals surface area contributed by atoms with Crippen molar-refractivity contribution in [3.8, 4) is 0 Å². The van der Waals surface area contributed by atoms with E-state index in [-0.39, 0.29) is 42.0 Å². The number of allylic oxidation sites excluding steroid dienone is 3. The Morgan fingerprint density at radius 3 is 2.23 bits per heavy atom. The molecule has 0 spiro atoms. The number of nitro groups is 1. The van der Waals surface area contributed by atoms with Crippen molar-refractivity contribution in [2.75, 3.05) is 19.8 Å². The van der Waals surface area contributed by atoms with Crippen molar-refractivity contribution in [1.82, 2.24) is 5.32 Å². The van der Waals surface area contributed by atoms with Gasteiger partial charge in [0.25, 0.3) is 5.69 Å². The molecule has 0 saturated heterocycles. The zero-order chi connectivity index (χ0) is 22.5. The van der Waals surface area contributed by atoms with Crippen LogP contribution in [0.3, 0.4) is 0 Å². The summed E-state index contributed by atoms with van der Waals surface area (Å²) in [7, 11) is -3.89. The predicted molar refractivity (Wildman–Crippen MR) is 112 cm³/mol. The molecule has 0 aliphatic carbocycles.